The van der Waals surface area contributed by atoms with Crippen LogP contribution < -0.4 is 15.8 Å². The molecule has 4 N–H and O–H groups in total. The van der Waals surface area contributed by atoms with E-state index in [2.05, 4.69) is 20.0 Å². The normalized spacial score (nSPS) is 12.5. The summed E-state index contributed by atoms with van der Waals surface area (Å²) < 4.78 is 15.8. The van der Waals surface area contributed by atoms with E-state index in [1.54, 1.807) is 12.4 Å². The van der Waals surface area contributed by atoms with Gasteiger partial charge in [0, 0.05) is 31.2 Å². The van der Waals surface area contributed by atoms with E-state index in [4.69, 9.17) is 5.73 Å². The van der Waals surface area contributed by atoms with Gasteiger partial charge in [-0.1, -0.05) is 48.5 Å². The fourth-order valence-corrected chi connectivity index (χ4v) is 3.70. The minimum atomic E-state index is -1.29. The van der Waals surface area contributed by atoms with Crippen LogP contribution in [0.5, 0.6) is 0 Å². The van der Waals surface area contributed by atoms with E-state index in [9.17, 15) is 4.21 Å². The van der Waals surface area contributed by atoms with Crippen LogP contribution in [0.25, 0.3) is 11.1 Å². The van der Waals surface area contributed by atoms with Gasteiger partial charge in [-0.25, -0.2) is 8.93 Å². The molecule has 0 amide bonds. The molecule has 0 fully saturated rings. The van der Waals surface area contributed by atoms with E-state index in [-0.39, 0.29) is 0 Å². The summed E-state index contributed by atoms with van der Waals surface area (Å²) in [5.41, 5.74) is 8.72. The highest BCUT2D eigenvalue weighted by Gasteiger charge is 2.10. The Kier molecular flexibility index (Phi) is 7.29. The van der Waals surface area contributed by atoms with E-state index in [0.717, 1.165) is 28.1 Å². The van der Waals surface area contributed by atoms with Crippen LogP contribution in [0.15, 0.2) is 89.0 Å². The second-order valence-electron chi connectivity index (χ2n) is 6.01. The van der Waals surface area contributed by atoms with Gasteiger partial charge in [-0.3, -0.25) is 9.98 Å². The number of aliphatic imine (C=N–C) groups is 1. The lowest BCUT2D eigenvalue weighted by molar-refractivity contribution is 0.668. The van der Waals surface area contributed by atoms with Crippen molar-refractivity contribution in [2.24, 2.45) is 10.7 Å². The number of nitrogens with two attached hydrogens (primary N) is 1. The molecule has 1 unspecified atom stereocenters. The predicted molar refractivity (Wildman–Crippen MR) is 115 cm³/mol. The summed E-state index contributed by atoms with van der Waals surface area (Å²) in [7, 11) is -1.29. The van der Waals surface area contributed by atoms with Crippen molar-refractivity contribution >= 4 is 22.6 Å². The van der Waals surface area contributed by atoms with E-state index < -0.39 is 11.0 Å². The quantitative estimate of drug-likeness (QED) is 0.311. The first-order valence-corrected chi connectivity index (χ1v) is 10.2. The molecular weight excluding hydrogens is 370 g/mol. The molecule has 7 heteroatoms. The van der Waals surface area contributed by atoms with Gasteiger partial charge in [0.2, 0.25) is 0 Å². The average Bonchev–Trinajstić information content (AvgIpc) is 2.74. The second-order valence-corrected chi connectivity index (χ2v) is 7.27. The van der Waals surface area contributed by atoms with Crippen LogP contribution in [-0.2, 0) is 11.0 Å². The number of anilines is 1. The van der Waals surface area contributed by atoms with Crippen LogP contribution in [0.4, 0.5) is 5.69 Å². The largest absolute Gasteiger partial charge is 0.370 e. The molecule has 6 nitrogen and oxygen atoms in total. The van der Waals surface area contributed by atoms with Crippen LogP contribution in [0.2, 0.25) is 0 Å². The summed E-state index contributed by atoms with van der Waals surface area (Å²) >= 11 is 0. The molecule has 0 bridgehead atoms. The predicted octanol–water partition coefficient (Wildman–Crippen LogP) is 3.18. The summed E-state index contributed by atoms with van der Waals surface area (Å²) in [6.07, 6.45) is 4.09. The molecule has 0 saturated carbocycles. The standard InChI is InChI=1S/C21H23N5OS/c22-21(26-18-11-15-23-16-12-18)24-13-6-14-25-28(27)20-10-5-4-9-19(20)17-7-2-1-3-8-17/h1-5,7-12,15-16,25H,6,13-14H2,(H3,22,23,24,26). The third-order valence-electron chi connectivity index (χ3n) is 3.97. The highest BCUT2D eigenvalue weighted by Crippen LogP contribution is 2.25. The number of nitrogens with zero attached hydrogens (tertiary/aromatic N) is 2. The Bertz CT molecular complexity index is 932. The van der Waals surface area contributed by atoms with Crippen LogP contribution >= 0.6 is 0 Å². The van der Waals surface area contributed by atoms with Gasteiger partial charge in [-0.05, 0) is 35.7 Å². The SMILES string of the molecule is NC(=NCCCNS(=O)c1ccccc1-c1ccccc1)Nc1ccncc1. The maximum atomic E-state index is 12.7. The zero-order valence-electron chi connectivity index (χ0n) is 15.4. The number of benzene rings is 2. The van der Waals surface area contributed by atoms with Crippen molar-refractivity contribution in [1.29, 1.82) is 0 Å². The molecule has 0 saturated heterocycles. The van der Waals surface area contributed by atoms with Gasteiger partial charge < -0.3 is 11.1 Å². The Morgan fingerprint density at radius 2 is 1.71 bits per heavy atom. The number of hydrogen-bond donors (Lipinski definition) is 3. The van der Waals surface area contributed by atoms with Crippen molar-refractivity contribution in [3.8, 4) is 11.1 Å². The number of nitrogens with one attached hydrogen (secondary N) is 2. The number of pyridine rings is 1. The topological polar surface area (TPSA) is 92.4 Å². The Balaban J connectivity index is 1.49. The lowest BCUT2D eigenvalue weighted by Crippen LogP contribution is -2.24. The molecule has 28 heavy (non-hydrogen) atoms. The second kappa shape index (κ2) is 10.3. The van der Waals surface area contributed by atoms with Crippen LogP contribution in [-0.4, -0.2) is 28.2 Å². The maximum Gasteiger partial charge on any atom is 0.193 e. The Morgan fingerprint density at radius 3 is 2.50 bits per heavy atom. The molecule has 0 aliphatic rings. The van der Waals surface area contributed by atoms with Crippen molar-refractivity contribution in [2.75, 3.05) is 18.4 Å². The first kappa shape index (κ1) is 19.7. The molecule has 144 valence electrons. The van der Waals surface area contributed by atoms with Crippen LogP contribution in [0.3, 0.4) is 0 Å². The Hall–Kier alpha value is -3.03. The van der Waals surface area contributed by atoms with Gasteiger partial charge in [0.05, 0.1) is 4.90 Å². The molecule has 1 heterocycles. The summed E-state index contributed by atoms with van der Waals surface area (Å²) in [6.45, 7) is 1.11. The van der Waals surface area contributed by atoms with E-state index in [1.807, 2.05) is 66.7 Å². The Morgan fingerprint density at radius 1 is 1.00 bits per heavy atom. The number of guanidine groups is 1. The van der Waals surface area contributed by atoms with Gasteiger partial charge in [0.1, 0.15) is 11.0 Å². The van der Waals surface area contributed by atoms with Crippen molar-refractivity contribution in [3.05, 3.63) is 79.1 Å². The maximum absolute atomic E-state index is 12.7. The fraction of sp³-hybridized carbons (Fsp3) is 0.143. The minimum Gasteiger partial charge on any atom is -0.370 e. The molecule has 0 aliphatic heterocycles. The smallest absolute Gasteiger partial charge is 0.193 e. The molecule has 0 radical (unpaired) electrons. The number of hydrogen-bond acceptors (Lipinski definition) is 3. The van der Waals surface area contributed by atoms with E-state index >= 15 is 0 Å². The molecule has 1 atom stereocenters. The molecular formula is C21H23N5OS. The zero-order valence-corrected chi connectivity index (χ0v) is 16.2. The van der Waals surface area contributed by atoms with Crippen molar-refractivity contribution < 1.29 is 4.21 Å². The summed E-state index contributed by atoms with van der Waals surface area (Å²) in [6, 6.07) is 21.3. The number of rotatable bonds is 8. The fourth-order valence-electron chi connectivity index (χ4n) is 2.63. The van der Waals surface area contributed by atoms with Gasteiger partial charge in [-0.2, -0.15) is 0 Å². The van der Waals surface area contributed by atoms with Gasteiger partial charge >= 0.3 is 0 Å². The first-order chi connectivity index (χ1) is 13.7. The third kappa shape index (κ3) is 5.73. The molecule has 1 aromatic heterocycles. The van der Waals surface area contributed by atoms with Gasteiger partial charge in [-0.15, -0.1) is 0 Å². The van der Waals surface area contributed by atoms with E-state index in [1.165, 1.54) is 0 Å². The number of aromatic nitrogens is 1. The van der Waals surface area contributed by atoms with Crippen molar-refractivity contribution in [1.82, 2.24) is 9.71 Å². The average molecular weight is 394 g/mol. The monoisotopic (exact) mass is 393 g/mol. The zero-order chi connectivity index (χ0) is 19.6. The molecule has 0 aliphatic carbocycles. The third-order valence-corrected chi connectivity index (χ3v) is 5.20. The Labute approximate surface area is 167 Å². The molecule has 3 aromatic rings. The van der Waals surface area contributed by atoms with Gasteiger partial charge in [0.15, 0.2) is 5.96 Å². The van der Waals surface area contributed by atoms with Crippen molar-refractivity contribution in [2.45, 2.75) is 11.3 Å². The molecule has 0 spiro atoms. The van der Waals surface area contributed by atoms with Crippen molar-refractivity contribution in [3.63, 3.8) is 0 Å². The lowest BCUT2D eigenvalue weighted by Gasteiger charge is -2.10. The van der Waals surface area contributed by atoms with Gasteiger partial charge in [0.25, 0.3) is 0 Å². The molecule has 2 aromatic carbocycles. The van der Waals surface area contributed by atoms with Crippen LogP contribution in [0, 0.1) is 0 Å². The lowest BCUT2D eigenvalue weighted by atomic mass is 10.1. The summed E-state index contributed by atoms with van der Waals surface area (Å²) in [4.78, 5) is 9.00. The first-order valence-electron chi connectivity index (χ1n) is 9.01. The van der Waals surface area contributed by atoms with E-state index in [0.29, 0.717) is 19.0 Å². The highest BCUT2D eigenvalue weighted by molar-refractivity contribution is 7.83. The van der Waals surface area contributed by atoms with Crippen LogP contribution in [0.1, 0.15) is 6.42 Å². The molecule has 3 rings (SSSR count). The summed E-state index contributed by atoms with van der Waals surface area (Å²) in [5.74, 6) is 0.349. The minimum absolute atomic E-state index is 0.349. The summed E-state index contributed by atoms with van der Waals surface area (Å²) in [5, 5.41) is 3.00. The highest BCUT2D eigenvalue weighted by atomic mass is 32.2.